The molecule has 3 N–H and O–H groups in total. The molecule has 7 nitrogen and oxygen atoms in total. The van der Waals surface area contributed by atoms with Crippen LogP contribution in [0.15, 0.2) is 40.1 Å². The molecule has 2 aromatic rings. The van der Waals surface area contributed by atoms with E-state index in [1.807, 2.05) is 0 Å². The third-order valence-electron chi connectivity index (χ3n) is 2.47. The van der Waals surface area contributed by atoms with Gasteiger partial charge in [0, 0.05) is 29.6 Å². The summed E-state index contributed by atoms with van der Waals surface area (Å²) in [7, 11) is -8.98. The molecule has 0 saturated carbocycles. The van der Waals surface area contributed by atoms with E-state index in [2.05, 4.69) is 0 Å². The van der Waals surface area contributed by atoms with Gasteiger partial charge in [0.25, 0.3) is 20.2 Å². The van der Waals surface area contributed by atoms with Crippen LogP contribution in [0.25, 0.3) is 10.8 Å². The normalized spacial score (nSPS) is 12.1. The maximum absolute atomic E-state index is 11.0. The maximum Gasteiger partial charge on any atom is 0.298 e. The average Bonchev–Trinajstić information content (AvgIpc) is 2.24. The van der Waals surface area contributed by atoms with Gasteiger partial charge >= 0.3 is 0 Å². The number of hydrogen-bond donors (Lipinski definition) is 3. The van der Waals surface area contributed by atoms with E-state index in [9.17, 15) is 21.9 Å². The third kappa shape index (κ3) is 3.50. The van der Waals surface area contributed by atoms with Gasteiger partial charge < -0.3 is 5.11 Å². The first-order valence-electron chi connectivity index (χ1n) is 4.81. The predicted molar refractivity (Wildman–Crippen MR) is 71.0 cm³/mol. The largest absolute Gasteiger partial charge is 0.506 e. The van der Waals surface area contributed by atoms with Crippen LogP contribution in [0.2, 0.25) is 0 Å². The topological polar surface area (TPSA) is 129 Å². The predicted octanol–water partition coefficient (Wildman–Crippen LogP) is 0.658. The van der Waals surface area contributed by atoms with Gasteiger partial charge in [-0.1, -0.05) is 6.07 Å². The molecule has 0 atom stereocenters. The van der Waals surface area contributed by atoms with Gasteiger partial charge in [0.1, 0.15) is 10.6 Å². The Bertz CT molecular complexity index is 872. The average molecular weight is 327 g/mol. The molecular weight excluding hydrogens is 319 g/mol. The van der Waals surface area contributed by atoms with E-state index in [4.69, 9.17) is 9.11 Å². The number of rotatable bonds is 2. The molecule has 0 amide bonds. The Labute approximate surface area is 137 Å². The molecule has 1 radical (unpaired) electrons. The van der Waals surface area contributed by atoms with Gasteiger partial charge in [0.05, 0.1) is 4.90 Å². The molecule has 0 aliphatic carbocycles. The molecule has 2 aromatic carbocycles. The first kappa shape index (κ1) is 17.4. The third-order valence-corrected chi connectivity index (χ3v) is 4.20. The van der Waals surface area contributed by atoms with Crippen molar-refractivity contribution in [3.05, 3.63) is 30.3 Å². The number of phenolic OH excluding ortho intramolecular Hbond substituents is 1. The minimum absolute atomic E-state index is 0. The Kier molecular flexibility index (Phi) is 4.87. The Hall–Kier alpha value is -0.680. The number of phenols is 1. The summed E-state index contributed by atoms with van der Waals surface area (Å²) < 4.78 is 61.6. The summed E-state index contributed by atoms with van der Waals surface area (Å²) in [6.45, 7) is 0. The summed E-state index contributed by atoms with van der Waals surface area (Å²) in [6.07, 6.45) is 0. The summed E-state index contributed by atoms with van der Waals surface area (Å²) in [5, 5.41) is 9.96. The van der Waals surface area contributed by atoms with Crippen LogP contribution in [0.1, 0.15) is 0 Å². The number of benzene rings is 2. The van der Waals surface area contributed by atoms with Crippen LogP contribution in [0.5, 0.6) is 5.75 Å². The van der Waals surface area contributed by atoms with Crippen molar-refractivity contribution < 1.29 is 31.0 Å². The van der Waals surface area contributed by atoms with Crippen molar-refractivity contribution in [1.29, 1.82) is 0 Å². The standard InChI is InChI=1S/C10H8O7S2.Na/c11-9-4-7-3-8(18(12,13)14)2-1-6(7)5-10(9)19(15,16)17;/h1-5,11H,(H,12,13,14)(H,15,16,17);. The van der Waals surface area contributed by atoms with Crippen LogP contribution >= 0.6 is 0 Å². The molecule has 0 unspecified atom stereocenters. The zero-order valence-corrected chi connectivity index (χ0v) is 13.8. The Morgan fingerprint density at radius 1 is 0.800 bits per heavy atom. The quantitative estimate of drug-likeness (QED) is 0.546. The van der Waals surface area contributed by atoms with Gasteiger partial charge in [-0.2, -0.15) is 16.8 Å². The monoisotopic (exact) mass is 327 g/mol. The molecule has 0 heterocycles. The van der Waals surface area contributed by atoms with E-state index in [1.165, 1.54) is 6.07 Å². The van der Waals surface area contributed by atoms with Crippen molar-refractivity contribution in [2.45, 2.75) is 9.79 Å². The van der Waals surface area contributed by atoms with Crippen LogP contribution in [0.3, 0.4) is 0 Å². The summed E-state index contributed by atoms with van der Waals surface area (Å²) in [6, 6.07) is 5.36. The van der Waals surface area contributed by atoms with Gasteiger partial charge in [-0.3, -0.25) is 9.11 Å². The van der Waals surface area contributed by atoms with E-state index in [1.54, 1.807) is 0 Å². The van der Waals surface area contributed by atoms with E-state index in [0.29, 0.717) is 0 Å². The van der Waals surface area contributed by atoms with Gasteiger partial charge in [-0.05, 0) is 35.0 Å². The molecule has 2 rings (SSSR count). The second kappa shape index (κ2) is 5.60. The van der Waals surface area contributed by atoms with Gasteiger partial charge in [0.15, 0.2) is 0 Å². The fraction of sp³-hybridized carbons (Fsp3) is 0. The zero-order valence-electron chi connectivity index (χ0n) is 10.2. The van der Waals surface area contributed by atoms with Crippen molar-refractivity contribution in [2.75, 3.05) is 0 Å². The molecule has 0 fully saturated rings. The van der Waals surface area contributed by atoms with Crippen molar-refractivity contribution in [2.24, 2.45) is 0 Å². The van der Waals surface area contributed by atoms with Crippen molar-refractivity contribution in [3.8, 4) is 5.75 Å². The molecule has 0 aromatic heterocycles. The Balaban J connectivity index is 0.00000200. The molecule has 0 bridgehead atoms. The SMILES string of the molecule is O=S(=O)(O)c1ccc2cc(S(=O)(=O)O)c(O)cc2c1.[Na]. The van der Waals surface area contributed by atoms with Crippen LogP contribution < -0.4 is 0 Å². The zero-order chi connectivity index (χ0) is 14.4. The summed E-state index contributed by atoms with van der Waals surface area (Å²) in [5.74, 6) is -0.720. The van der Waals surface area contributed by atoms with Gasteiger partial charge in [0.2, 0.25) is 0 Å². The molecule has 10 heteroatoms. The van der Waals surface area contributed by atoms with E-state index >= 15 is 0 Å². The molecule has 103 valence electrons. The molecule has 0 saturated heterocycles. The Morgan fingerprint density at radius 3 is 1.90 bits per heavy atom. The second-order valence-corrected chi connectivity index (χ2v) is 6.59. The number of aromatic hydroxyl groups is 1. The van der Waals surface area contributed by atoms with Gasteiger partial charge in [-0.15, -0.1) is 0 Å². The van der Waals surface area contributed by atoms with E-state index < -0.39 is 30.9 Å². The fourth-order valence-electron chi connectivity index (χ4n) is 1.61. The minimum atomic E-state index is -4.58. The maximum atomic E-state index is 11.0. The first-order valence-corrected chi connectivity index (χ1v) is 7.69. The van der Waals surface area contributed by atoms with Crippen LogP contribution in [0.4, 0.5) is 0 Å². The van der Waals surface area contributed by atoms with E-state index in [-0.39, 0.29) is 45.2 Å². The molecule has 20 heavy (non-hydrogen) atoms. The smallest absolute Gasteiger partial charge is 0.298 e. The van der Waals surface area contributed by atoms with Crippen molar-refractivity contribution in [3.63, 3.8) is 0 Å². The molecule has 0 spiro atoms. The van der Waals surface area contributed by atoms with Crippen molar-refractivity contribution in [1.82, 2.24) is 0 Å². The summed E-state index contributed by atoms with van der Waals surface area (Å²) in [4.78, 5) is -1.07. The number of hydrogen-bond acceptors (Lipinski definition) is 5. The van der Waals surface area contributed by atoms with E-state index in [0.717, 1.165) is 24.3 Å². The fourth-order valence-corrected chi connectivity index (χ4v) is 2.72. The second-order valence-electron chi connectivity index (χ2n) is 3.78. The number of fused-ring (bicyclic) bond motifs is 1. The first-order chi connectivity index (χ1) is 8.59. The molecular formula is C10H8NaO7S2. The van der Waals surface area contributed by atoms with Crippen molar-refractivity contribution >= 4 is 60.6 Å². The summed E-state index contributed by atoms with van der Waals surface area (Å²) >= 11 is 0. The van der Waals surface area contributed by atoms with Gasteiger partial charge in [-0.25, -0.2) is 0 Å². The van der Waals surface area contributed by atoms with Crippen LogP contribution in [-0.2, 0) is 20.2 Å². The Morgan fingerprint density at radius 2 is 1.40 bits per heavy atom. The summed E-state index contributed by atoms with van der Waals surface area (Å²) in [5.41, 5.74) is 0. The molecule has 0 aliphatic rings. The van der Waals surface area contributed by atoms with Crippen LogP contribution in [0, 0.1) is 0 Å². The minimum Gasteiger partial charge on any atom is -0.506 e. The van der Waals surface area contributed by atoms with Crippen LogP contribution in [-0.4, -0.2) is 60.6 Å². The molecule has 0 aliphatic heterocycles.